The summed E-state index contributed by atoms with van der Waals surface area (Å²) in [5, 5.41) is 8.93. The molecular weight excluding hydrogens is 238 g/mol. The van der Waals surface area contributed by atoms with Gasteiger partial charge in [0.25, 0.3) is 0 Å². The van der Waals surface area contributed by atoms with Crippen LogP contribution in [0.5, 0.6) is 0 Å². The van der Waals surface area contributed by atoms with Crippen LogP contribution in [0.3, 0.4) is 0 Å². The number of hydrogen-bond donors (Lipinski definition) is 2. The van der Waals surface area contributed by atoms with E-state index >= 15 is 0 Å². The molecule has 0 bridgehead atoms. The lowest BCUT2D eigenvalue weighted by molar-refractivity contribution is -0.176. The van der Waals surface area contributed by atoms with Crippen LogP contribution in [0.2, 0.25) is 0 Å². The van der Waals surface area contributed by atoms with Crippen LogP contribution >= 0.6 is 0 Å². The average Bonchev–Trinajstić information content (AvgIpc) is 2.62. The van der Waals surface area contributed by atoms with Gasteiger partial charge in [-0.25, -0.2) is 4.79 Å². The molecule has 2 N–H and O–H groups in total. The summed E-state index contributed by atoms with van der Waals surface area (Å²) in [6, 6.07) is 5.12. The molecule has 1 atom stereocenters. The molecular formula is C12H11NO5. The molecule has 6 heteroatoms. The van der Waals surface area contributed by atoms with Crippen molar-refractivity contribution in [2.75, 3.05) is 6.61 Å². The predicted octanol–water partition coefficient (Wildman–Crippen LogP) is 1.21. The Hall–Kier alpha value is -2.08. The zero-order chi connectivity index (χ0) is 12.8. The van der Waals surface area contributed by atoms with Crippen LogP contribution in [0.25, 0.3) is 11.1 Å². The van der Waals surface area contributed by atoms with Crippen molar-refractivity contribution in [2.45, 2.75) is 18.4 Å². The summed E-state index contributed by atoms with van der Waals surface area (Å²) in [6.07, 6.45) is 0.562. The molecule has 0 amide bonds. The van der Waals surface area contributed by atoms with Gasteiger partial charge in [-0.05, 0) is 17.7 Å². The van der Waals surface area contributed by atoms with E-state index in [0.29, 0.717) is 24.1 Å². The first-order valence-electron chi connectivity index (χ1n) is 5.58. The van der Waals surface area contributed by atoms with Gasteiger partial charge in [0, 0.05) is 6.42 Å². The number of hydrogen-bond acceptors (Lipinski definition) is 4. The fourth-order valence-electron chi connectivity index (χ4n) is 2.29. The number of nitrogens with one attached hydrogen (secondary N) is 1. The van der Waals surface area contributed by atoms with Gasteiger partial charge in [-0.15, -0.1) is 0 Å². The first-order chi connectivity index (χ1) is 8.59. The Bertz CT molecular complexity index is 664. The number of aliphatic carboxylic acids is 1. The Morgan fingerprint density at radius 2 is 2.28 bits per heavy atom. The minimum absolute atomic E-state index is 0.0901. The van der Waals surface area contributed by atoms with E-state index in [9.17, 15) is 9.59 Å². The van der Waals surface area contributed by atoms with E-state index in [2.05, 4.69) is 4.98 Å². The molecule has 2 heterocycles. The first-order valence-corrected chi connectivity index (χ1v) is 5.58. The van der Waals surface area contributed by atoms with Crippen LogP contribution in [-0.4, -0.2) is 22.7 Å². The van der Waals surface area contributed by atoms with Gasteiger partial charge in [0.2, 0.25) is 0 Å². The van der Waals surface area contributed by atoms with E-state index in [1.807, 2.05) is 0 Å². The second-order valence-electron chi connectivity index (χ2n) is 4.39. The SMILES string of the molecule is O=C(O)CC1(c2ccc3[nH]c(=O)oc3c2)CCO1. The van der Waals surface area contributed by atoms with Gasteiger partial charge in [0.05, 0.1) is 18.5 Å². The second kappa shape index (κ2) is 3.71. The summed E-state index contributed by atoms with van der Waals surface area (Å²) in [4.78, 5) is 24.5. The van der Waals surface area contributed by atoms with Crippen molar-refractivity contribution in [3.63, 3.8) is 0 Å². The molecule has 0 saturated carbocycles. The number of carboxylic acid groups (broad SMARTS) is 1. The maximum Gasteiger partial charge on any atom is 0.417 e. The molecule has 1 aliphatic rings. The van der Waals surface area contributed by atoms with E-state index in [1.165, 1.54) is 0 Å². The third-order valence-corrected chi connectivity index (χ3v) is 3.27. The van der Waals surface area contributed by atoms with Crippen molar-refractivity contribution >= 4 is 17.1 Å². The van der Waals surface area contributed by atoms with E-state index < -0.39 is 17.3 Å². The van der Waals surface area contributed by atoms with Crippen LogP contribution in [0.1, 0.15) is 18.4 Å². The fraction of sp³-hybridized carbons (Fsp3) is 0.333. The quantitative estimate of drug-likeness (QED) is 0.852. The Morgan fingerprint density at radius 1 is 1.50 bits per heavy atom. The maximum absolute atomic E-state index is 11.1. The van der Waals surface area contributed by atoms with Crippen LogP contribution in [0, 0.1) is 0 Å². The summed E-state index contributed by atoms with van der Waals surface area (Å²) in [7, 11) is 0. The number of aromatic nitrogens is 1. The van der Waals surface area contributed by atoms with E-state index in [4.69, 9.17) is 14.3 Å². The summed E-state index contributed by atoms with van der Waals surface area (Å²) >= 11 is 0. The van der Waals surface area contributed by atoms with Gasteiger partial charge in [-0.1, -0.05) is 6.07 Å². The van der Waals surface area contributed by atoms with Gasteiger partial charge in [0.15, 0.2) is 5.58 Å². The van der Waals surface area contributed by atoms with Crippen LogP contribution in [-0.2, 0) is 15.1 Å². The number of H-pyrrole nitrogens is 1. The normalized spacial score (nSPS) is 22.9. The number of carbonyl (C=O) groups is 1. The first kappa shape index (κ1) is 11.0. The Kier molecular flexibility index (Phi) is 2.27. The summed E-state index contributed by atoms with van der Waals surface area (Å²) in [5.41, 5.74) is 0.952. The highest BCUT2D eigenvalue weighted by atomic mass is 16.5. The molecule has 1 fully saturated rings. The zero-order valence-electron chi connectivity index (χ0n) is 9.43. The fourth-order valence-corrected chi connectivity index (χ4v) is 2.29. The Labute approximate surface area is 101 Å². The molecule has 1 aliphatic heterocycles. The highest BCUT2D eigenvalue weighted by Gasteiger charge is 2.42. The summed E-state index contributed by atoms with van der Waals surface area (Å²) < 4.78 is 10.4. The summed E-state index contributed by atoms with van der Waals surface area (Å²) in [6.45, 7) is 0.544. The summed E-state index contributed by atoms with van der Waals surface area (Å²) in [5.74, 6) is -1.44. The van der Waals surface area contributed by atoms with Crippen molar-refractivity contribution in [1.82, 2.24) is 4.98 Å². The van der Waals surface area contributed by atoms with Gasteiger partial charge < -0.3 is 14.3 Å². The topological polar surface area (TPSA) is 92.5 Å². The predicted molar refractivity (Wildman–Crippen MR) is 61.3 cm³/mol. The number of oxazole rings is 1. The number of rotatable bonds is 3. The Balaban J connectivity index is 2.06. The molecule has 1 saturated heterocycles. The maximum atomic E-state index is 11.1. The van der Waals surface area contributed by atoms with Gasteiger partial charge in [0.1, 0.15) is 5.60 Å². The van der Waals surface area contributed by atoms with Crippen molar-refractivity contribution in [3.05, 3.63) is 34.3 Å². The third-order valence-electron chi connectivity index (χ3n) is 3.27. The standard InChI is InChI=1S/C12H11NO5/c14-10(15)6-12(3-4-17-12)7-1-2-8-9(5-7)18-11(16)13-8/h1-2,5H,3-4,6H2,(H,13,16)(H,14,15). The molecule has 94 valence electrons. The van der Waals surface area contributed by atoms with Gasteiger partial charge in [-0.3, -0.25) is 9.78 Å². The molecule has 0 aliphatic carbocycles. The smallest absolute Gasteiger partial charge is 0.417 e. The number of aromatic amines is 1. The van der Waals surface area contributed by atoms with Crippen molar-refractivity contribution in [3.8, 4) is 0 Å². The second-order valence-corrected chi connectivity index (χ2v) is 4.39. The van der Waals surface area contributed by atoms with Crippen LogP contribution in [0.15, 0.2) is 27.4 Å². The minimum atomic E-state index is -0.912. The molecule has 0 radical (unpaired) electrons. The third kappa shape index (κ3) is 1.62. The van der Waals surface area contributed by atoms with Crippen LogP contribution < -0.4 is 5.76 Å². The van der Waals surface area contributed by atoms with Crippen molar-refractivity contribution in [2.24, 2.45) is 0 Å². The highest BCUT2D eigenvalue weighted by molar-refractivity contribution is 5.74. The Morgan fingerprint density at radius 3 is 2.89 bits per heavy atom. The van der Waals surface area contributed by atoms with Crippen molar-refractivity contribution in [1.29, 1.82) is 0 Å². The lowest BCUT2D eigenvalue weighted by Gasteiger charge is -2.41. The van der Waals surface area contributed by atoms with Crippen LogP contribution in [0.4, 0.5) is 0 Å². The lowest BCUT2D eigenvalue weighted by atomic mass is 9.83. The van der Waals surface area contributed by atoms with E-state index in [-0.39, 0.29) is 6.42 Å². The molecule has 1 unspecified atom stereocenters. The number of ether oxygens (including phenoxy) is 1. The zero-order valence-corrected chi connectivity index (χ0v) is 9.43. The van der Waals surface area contributed by atoms with Crippen molar-refractivity contribution < 1.29 is 19.1 Å². The largest absolute Gasteiger partial charge is 0.481 e. The molecule has 2 aromatic rings. The molecule has 18 heavy (non-hydrogen) atoms. The minimum Gasteiger partial charge on any atom is -0.481 e. The highest BCUT2D eigenvalue weighted by Crippen LogP contribution is 2.41. The molecule has 3 rings (SSSR count). The van der Waals surface area contributed by atoms with E-state index in [1.54, 1.807) is 18.2 Å². The van der Waals surface area contributed by atoms with E-state index in [0.717, 1.165) is 5.56 Å². The number of fused-ring (bicyclic) bond motifs is 1. The molecule has 0 spiro atoms. The number of carboxylic acids is 1. The number of benzene rings is 1. The average molecular weight is 249 g/mol. The lowest BCUT2D eigenvalue weighted by Crippen LogP contribution is -2.42. The molecule has 6 nitrogen and oxygen atoms in total. The monoisotopic (exact) mass is 249 g/mol. The van der Waals surface area contributed by atoms with Gasteiger partial charge >= 0.3 is 11.7 Å². The molecule has 1 aromatic carbocycles. The van der Waals surface area contributed by atoms with Gasteiger partial charge in [-0.2, -0.15) is 0 Å². The molecule has 1 aromatic heterocycles.